The Morgan fingerprint density at radius 3 is 2.92 bits per heavy atom. The molecule has 4 nitrogen and oxygen atoms in total. The van der Waals surface area contributed by atoms with Crippen molar-refractivity contribution in [2.75, 3.05) is 18.1 Å². The maximum atomic E-state index is 13.0. The first-order valence-electron chi connectivity index (χ1n) is 9.02. The van der Waals surface area contributed by atoms with E-state index in [4.69, 9.17) is 0 Å². The van der Waals surface area contributed by atoms with Gasteiger partial charge in [0.05, 0.1) is 6.04 Å². The monoisotopic (exact) mass is 365 g/mol. The molecule has 0 fully saturated rings. The highest BCUT2D eigenvalue weighted by molar-refractivity contribution is 7.98. The van der Waals surface area contributed by atoms with Crippen LogP contribution in [0.4, 0.5) is 10.5 Å². The fraction of sp³-hybridized carbons (Fsp3) is 0.286. The summed E-state index contributed by atoms with van der Waals surface area (Å²) in [4.78, 5) is 19.6. The van der Waals surface area contributed by atoms with E-state index < -0.39 is 0 Å². The third kappa shape index (κ3) is 2.97. The number of aromatic amines is 1. The molecule has 2 N–H and O–H groups in total. The molecule has 1 unspecified atom stereocenters. The highest BCUT2D eigenvalue weighted by Gasteiger charge is 2.32. The zero-order valence-electron chi connectivity index (χ0n) is 15.1. The molecular formula is C21H23N3OS. The smallest absolute Gasteiger partial charge is 0.322 e. The quantitative estimate of drug-likeness (QED) is 0.608. The van der Waals surface area contributed by atoms with Crippen molar-refractivity contribution in [3.63, 3.8) is 0 Å². The molecule has 134 valence electrons. The van der Waals surface area contributed by atoms with Gasteiger partial charge in [-0.05, 0) is 48.9 Å². The third-order valence-electron chi connectivity index (χ3n) is 5.13. The molecular weight excluding hydrogens is 342 g/mol. The van der Waals surface area contributed by atoms with Crippen LogP contribution in [0.1, 0.15) is 30.6 Å². The fourth-order valence-corrected chi connectivity index (χ4v) is 4.34. The average Bonchev–Trinajstić information content (AvgIpc) is 3.06. The van der Waals surface area contributed by atoms with E-state index >= 15 is 0 Å². The summed E-state index contributed by atoms with van der Waals surface area (Å²) in [6, 6.07) is 16.4. The number of H-pyrrole nitrogens is 1. The van der Waals surface area contributed by atoms with Crippen LogP contribution in [0.25, 0.3) is 10.9 Å². The highest BCUT2D eigenvalue weighted by atomic mass is 32.2. The van der Waals surface area contributed by atoms with E-state index in [0.29, 0.717) is 0 Å². The molecule has 2 amide bonds. The third-order valence-corrected chi connectivity index (χ3v) is 5.85. The van der Waals surface area contributed by atoms with Crippen molar-refractivity contribution in [1.82, 2.24) is 9.88 Å². The summed E-state index contributed by atoms with van der Waals surface area (Å²) in [6.45, 7) is 2.88. The Kier molecular flexibility index (Phi) is 4.64. The molecule has 0 aliphatic carbocycles. The number of benzene rings is 2. The zero-order chi connectivity index (χ0) is 18.1. The number of hydrogen-bond acceptors (Lipinski definition) is 2. The number of carbonyl (C=O) groups is 1. The van der Waals surface area contributed by atoms with Gasteiger partial charge in [-0.1, -0.05) is 31.2 Å². The minimum atomic E-state index is -0.0283. The number of hydrogen-bond donors (Lipinski definition) is 2. The summed E-state index contributed by atoms with van der Waals surface area (Å²) < 4.78 is 0. The first-order valence-corrected chi connectivity index (χ1v) is 10.2. The summed E-state index contributed by atoms with van der Waals surface area (Å²) in [6.07, 6.45) is 3.81. The predicted molar refractivity (Wildman–Crippen MR) is 109 cm³/mol. The maximum absolute atomic E-state index is 13.0. The Hall–Kier alpha value is -2.40. The summed E-state index contributed by atoms with van der Waals surface area (Å²) in [5.41, 5.74) is 4.55. The number of amides is 2. The number of fused-ring (bicyclic) bond motifs is 3. The van der Waals surface area contributed by atoms with E-state index in [9.17, 15) is 4.79 Å². The van der Waals surface area contributed by atoms with Crippen LogP contribution in [-0.2, 0) is 6.42 Å². The summed E-state index contributed by atoms with van der Waals surface area (Å²) in [5, 5.41) is 4.36. The van der Waals surface area contributed by atoms with Crippen molar-refractivity contribution >= 4 is 34.4 Å². The van der Waals surface area contributed by atoms with Crippen LogP contribution in [0.5, 0.6) is 0 Å². The van der Waals surface area contributed by atoms with Gasteiger partial charge in [0.2, 0.25) is 0 Å². The number of nitrogens with zero attached hydrogens (tertiary/aromatic N) is 1. The lowest BCUT2D eigenvalue weighted by atomic mass is 9.96. The Bertz CT molecular complexity index is 949. The van der Waals surface area contributed by atoms with Gasteiger partial charge < -0.3 is 15.2 Å². The minimum Gasteiger partial charge on any atom is -0.356 e. The number of urea groups is 1. The second-order valence-corrected chi connectivity index (χ2v) is 7.47. The number of carbonyl (C=O) groups excluding carboxylic acids is 1. The molecule has 0 saturated heterocycles. The van der Waals surface area contributed by atoms with Crippen molar-refractivity contribution in [3.8, 4) is 0 Å². The lowest BCUT2D eigenvalue weighted by Crippen LogP contribution is -2.42. The van der Waals surface area contributed by atoms with Gasteiger partial charge in [-0.2, -0.15) is 0 Å². The van der Waals surface area contributed by atoms with Crippen LogP contribution >= 0.6 is 11.8 Å². The van der Waals surface area contributed by atoms with Crippen LogP contribution in [0.3, 0.4) is 0 Å². The molecule has 2 aromatic carbocycles. The van der Waals surface area contributed by atoms with E-state index in [1.807, 2.05) is 35.4 Å². The highest BCUT2D eigenvalue weighted by Crippen LogP contribution is 2.36. The second-order valence-electron chi connectivity index (χ2n) is 6.59. The summed E-state index contributed by atoms with van der Waals surface area (Å²) in [7, 11) is 0. The number of anilines is 1. The molecule has 1 aliphatic rings. The van der Waals surface area contributed by atoms with Gasteiger partial charge in [0.25, 0.3) is 0 Å². The molecule has 1 aromatic heterocycles. The van der Waals surface area contributed by atoms with Gasteiger partial charge in [-0.15, -0.1) is 11.8 Å². The van der Waals surface area contributed by atoms with Crippen molar-refractivity contribution in [1.29, 1.82) is 0 Å². The fourth-order valence-electron chi connectivity index (χ4n) is 3.88. The molecule has 1 aliphatic heterocycles. The Morgan fingerprint density at radius 1 is 1.27 bits per heavy atom. The SMILES string of the molecule is CCC1c2[nH]c3ccccc3c2CCN1C(=O)Nc1cccc(SC)c1. The largest absolute Gasteiger partial charge is 0.356 e. The van der Waals surface area contributed by atoms with Gasteiger partial charge in [0.15, 0.2) is 0 Å². The summed E-state index contributed by atoms with van der Waals surface area (Å²) >= 11 is 1.67. The van der Waals surface area contributed by atoms with Gasteiger partial charge in [-0.25, -0.2) is 4.79 Å². The van der Waals surface area contributed by atoms with Crippen LogP contribution in [0.2, 0.25) is 0 Å². The molecule has 1 atom stereocenters. The number of rotatable bonds is 3. The van der Waals surface area contributed by atoms with Gasteiger partial charge in [-0.3, -0.25) is 0 Å². The zero-order valence-corrected chi connectivity index (χ0v) is 15.9. The topological polar surface area (TPSA) is 48.1 Å². The number of para-hydroxylation sites is 1. The number of thioether (sulfide) groups is 1. The van der Waals surface area contributed by atoms with Crippen molar-refractivity contribution in [2.45, 2.75) is 30.7 Å². The lowest BCUT2D eigenvalue weighted by molar-refractivity contribution is 0.179. The molecule has 0 bridgehead atoms. The minimum absolute atomic E-state index is 0.0283. The van der Waals surface area contributed by atoms with E-state index in [2.05, 4.69) is 41.5 Å². The van der Waals surface area contributed by atoms with Crippen molar-refractivity contribution < 1.29 is 4.79 Å². The Balaban J connectivity index is 1.61. The van der Waals surface area contributed by atoms with Gasteiger partial charge >= 0.3 is 6.03 Å². The van der Waals surface area contributed by atoms with Crippen LogP contribution < -0.4 is 5.32 Å². The molecule has 0 spiro atoms. The molecule has 26 heavy (non-hydrogen) atoms. The Morgan fingerprint density at radius 2 is 2.12 bits per heavy atom. The molecule has 5 heteroatoms. The predicted octanol–water partition coefficient (Wildman–Crippen LogP) is 5.43. The van der Waals surface area contributed by atoms with Crippen LogP contribution in [0, 0.1) is 0 Å². The first-order chi connectivity index (χ1) is 12.7. The maximum Gasteiger partial charge on any atom is 0.322 e. The van der Waals surface area contributed by atoms with E-state index in [1.54, 1.807) is 11.8 Å². The first kappa shape index (κ1) is 17.0. The Labute approximate surface area is 158 Å². The van der Waals surface area contributed by atoms with Gasteiger partial charge in [0.1, 0.15) is 0 Å². The van der Waals surface area contributed by atoms with Crippen molar-refractivity contribution in [2.24, 2.45) is 0 Å². The normalized spacial score (nSPS) is 16.5. The average molecular weight is 366 g/mol. The van der Waals surface area contributed by atoms with E-state index in [-0.39, 0.29) is 12.1 Å². The van der Waals surface area contributed by atoms with Crippen LogP contribution in [0.15, 0.2) is 53.4 Å². The molecule has 4 rings (SSSR count). The van der Waals surface area contributed by atoms with Crippen LogP contribution in [-0.4, -0.2) is 28.7 Å². The molecule has 2 heterocycles. The molecule has 0 saturated carbocycles. The van der Waals surface area contributed by atoms with Gasteiger partial charge in [0, 0.05) is 33.7 Å². The van der Waals surface area contributed by atoms with E-state index in [0.717, 1.165) is 35.5 Å². The van der Waals surface area contributed by atoms with Crippen molar-refractivity contribution in [3.05, 3.63) is 59.8 Å². The number of nitrogens with one attached hydrogen (secondary N) is 2. The standard InChI is InChI=1S/C21H23N3OS/c1-3-19-20-17(16-9-4-5-10-18(16)23-20)11-12-24(19)21(25)22-14-7-6-8-15(13-14)26-2/h4-10,13,19,23H,3,11-12H2,1-2H3,(H,22,25). The lowest BCUT2D eigenvalue weighted by Gasteiger charge is -2.35. The molecule has 0 radical (unpaired) electrons. The number of aromatic nitrogens is 1. The summed E-state index contributed by atoms with van der Waals surface area (Å²) in [5.74, 6) is 0. The molecule has 3 aromatic rings. The second kappa shape index (κ2) is 7.08. The van der Waals surface area contributed by atoms with E-state index in [1.165, 1.54) is 16.6 Å².